The molecule has 0 saturated carbocycles. The van der Waals surface area contributed by atoms with Crippen molar-refractivity contribution in [2.24, 2.45) is 0 Å². The lowest BCUT2D eigenvalue weighted by Gasteiger charge is -2.16. The van der Waals surface area contributed by atoms with E-state index in [1.165, 1.54) is 5.56 Å². The topological polar surface area (TPSA) is 37.8 Å². The van der Waals surface area contributed by atoms with Crippen molar-refractivity contribution in [1.29, 1.82) is 0 Å². The SMILES string of the molecule is CCCc1nc(C)c(C(C)CNC)c(C)n1. The number of likely N-dealkylation sites (N-methyl/N-ethyl adjacent to an activating group) is 1. The molecule has 16 heavy (non-hydrogen) atoms. The minimum atomic E-state index is 0.473. The molecule has 0 spiro atoms. The Balaban J connectivity index is 3.02. The molecule has 0 saturated heterocycles. The van der Waals surface area contributed by atoms with E-state index < -0.39 is 0 Å². The molecule has 0 bridgehead atoms. The zero-order chi connectivity index (χ0) is 12.1. The van der Waals surface area contributed by atoms with Gasteiger partial charge in [0.2, 0.25) is 0 Å². The third-order valence-electron chi connectivity index (χ3n) is 2.85. The summed E-state index contributed by atoms with van der Waals surface area (Å²) in [7, 11) is 1.98. The molecular weight excluding hydrogens is 198 g/mol. The summed E-state index contributed by atoms with van der Waals surface area (Å²) in [4.78, 5) is 9.18. The van der Waals surface area contributed by atoms with E-state index in [1.807, 2.05) is 7.05 Å². The summed E-state index contributed by atoms with van der Waals surface area (Å²) in [5.41, 5.74) is 3.58. The molecule has 0 amide bonds. The number of aromatic nitrogens is 2. The highest BCUT2D eigenvalue weighted by atomic mass is 14.9. The van der Waals surface area contributed by atoms with Gasteiger partial charge in [-0.15, -0.1) is 0 Å². The van der Waals surface area contributed by atoms with E-state index in [4.69, 9.17) is 0 Å². The number of nitrogens with zero attached hydrogens (tertiary/aromatic N) is 2. The second kappa shape index (κ2) is 5.94. The maximum Gasteiger partial charge on any atom is 0.128 e. The Hall–Kier alpha value is -0.960. The average Bonchev–Trinajstić information content (AvgIpc) is 2.17. The summed E-state index contributed by atoms with van der Waals surface area (Å²) in [6.07, 6.45) is 2.08. The lowest BCUT2D eigenvalue weighted by atomic mass is 9.98. The van der Waals surface area contributed by atoms with Crippen LogP contribution in [0.2, 0.25) is 0 Å². The zero-order valence-electron chi connectivity index (χ0n) is 11.1. The lowest BCUT2D eigenvalue weighted by molar-refractivity contribution is 0.656. The van der Waals surface area contributed by atoms with Crippen LogP contribution in [0.25, 0.3) is 0 Å². The van der Waals surface area contributed by atoms with Crippen LogP contribution >= 0.6 is 0 Å². The summed E-state index contributed by atoms with van der Waals surface area (Å²) in [5, 5.41) is 3.20. The Morgan fingerprint density at radius 2 is 1.75 bits per heavy atom. The Kier molecular flexibility index (Phi) is 4.87. The summed E-state index contributed by atoms with van der Waals surface area (Å²) >= 11 is 0. The third-order valence-corrected chi connectivity index (χ3v) is 2.85. The molecule has 0 fully saturated rings. The largest absolute Gasteiger partial charge is 0.319 e. The van der Waals surface area contributed by atoms with Crippen molar-refractivity contribution in [3.8, 4) is 0 Å². The normalized spacial score (nSPS) is 12.8. The first-order valence-electron chi connectivity index (χ1n) is 6.08. The molecule has 3 heteroatoms. The van der Waals surface area contributed by atoms with Gasteiger partial charge in [0, 0.05) is 24.4 Å². The van der Waals surface area contributed by atoms with Gasteiger partial charge in [0.05, 0.1) is 0 Å². The van der Waals surface area contributed by atoms with Crippen LogP contribution in [-0.4, -0.2) is 23.6 Å². The molecular formula is C13H23N3. The Bertz CT molecular complexity index is 324. The van der Waals surface area contributed by atoms with Crippen LogP contribution in [0.4, 0.5) is 0 Å². The van der Waals surface area contributed by atoms with E-state index in [1.54, 1.807) is 0 Å². The van der Waals surface area contributed by atoms with Crippen LogP contribution < -0.4 is 5.32 Å². The van der Waals surface area contributed by atoms with Crippen molar-refractivity contribution in [3.05, 3.63) is 22.8 Å². The van der Waals surface area contributed by atoms with Crippen molar-refractivity contribution < 1.29 is 0 Å². The van der Waals surface area contributed by atoms with E-state index in [9.17, 15) is 0 Å². The molecule has 1 aromatic heterocycles. The van der Waals surface area contributed by atoms with Gasteiger partial charge in [-0.2, -0.15) is 0 Å². The molecule has 1 heterocycles. The number of hydrogen-bond acceptors (Lipinski definition) is 3. The van der Waals surface area contributed by atoms with Crippen LogP contribution in [0.1, 0.15) is 49.0 Å². The molecule has 1 unspecified atom stereocenters. The molecule has 3 nitrogen and oxygen atoms in total. The summed E-state index contributed by atoms with van der Waals surface area (Å²) in [6, 6.07) is 0. The molecule has 0 aliphatic rings. The molecule has 0 aromatic carbocycles. The minimum absolute atomic E-state index is 0.473. The van der Waals surface area contributed by atoms with Gasteiger partial charge in [-0.05, 0) is 38.8 Å². The van der Waals surface area contributed by atoms with Crippen molar-refractivity contribution in [3.63, 3.8) is 0 Å². The van der Waals surface area contributed by atoms with Gasteiger partial charge in [-0.3, -0.25) is 0 Å². The van der Waals surface area contributed by atoms with Crippen LogP contribution in [0, 0.1) is 13.8 Å². The van der Waals surface area contributed by atoms with E-state index in [0.717, 1.165) is 36.6 Å². The fourth-order valence-electron chi connectivity index (χ4n) is 2.25. The van der Waals surface area contributed by atoms with Crippen LogP contribution in [-0.2, 0) is 6.42 Å². The van der Waals surface area contributed by atoms with Gasteiger partial charge in [-0.1, -0.05) is 13.8 Å². The maximum absolute atomic E-state index is 4.59. The molecule has 0 aliphatic heterocycles. The smallest absolute Gasteiger partial charge is 0.128 e. The molecule has 1 rings (SSSR count). The number of aryl methyl sites for hydroxylation is 3. The first-order valence-corrected chi connectivity index (χ1v) is 6.08. The van der Waals surface area contributed by atoms with E-state index in [-0.39, 0.29) is 0 Å². The van der Waals surface area contributed by atoms with Crippen molar-refractivity contribution >= 4 is 0 Å². The Morgan fingerprint density at radius 3 is 2.19 bits per heavy atom. The molecule has 0 radical (unpaired) electrons. The van der Waals surface area contributed by atoms with Crippen LogP contribution in [0.5, 0.6) is 0 Å². The number of nitrogens with one attached hydrogen (secondary N) is 1. The van der Waals surface area contributed by atoms with Crippen molar-refractivity contribution in [2.75, 3.05) is 13.6 Å². The standard InChI is InChI=1S/C13H23N3/c1-6-7-12-15-10(3)13(11(4)16-12)9(2)8-14-5/h9,14H,6-8H2,1-5H3. The highest BCUT2D eigenvalue weighted by molar-refractivity contribution is 5.28. The lowest BCUT2D eigenvalue weighted by Crippen LogP contribution is -2.18. The average molecular weight is 221 g/mol. The van der Waals surface area contributed by atoms with Crippen molar-refractivity contribution in [2.45, 2.75) is 46.5 Å². The monoisotopic (exact) mass is 221 g/mol. The summed E-state index contributed by atoms with van der Waals surface area (Å²) in [6.45, 7) is 9.53. The highest BCUT2D eigenvalue weighted by Gasteiger charge is 2.14. The second-order valence-electron chi connectivity index (χ2n) is 4.43. The maximum atomic E-state index is 4.59. The second-order valence-corrected chi connectivity index (χ2v) is 4.43. The predicted octanol–water partition coefficient (Wildman–Crippen LogP) is 2.37. The Labute approximate surface area is 98.7 Å². The fourth-order valence-corrected chi connectivity index (χ4v) is 2.25. The summed E-state index contributed by atoms with van der Waals surface area (Å²) < 4.78 is 0. The van der Waals surface area contributed by atoms with Gasteiger partial charge < -0.3 is 5.32 Å². The van der Waals surface area contributed by atoms with Crippen LogP contribution in [0.3, 0.4) is 0 Å². The summed E-state index contributed by atoms with van der Waals surface area (Å²) in [5.74, 6) is 1.46. The third kappa shape index (κ3) is 3.01. The van der Waals surface area contributed by atoms with E-state index >= 15 is 0 Å². The van der Waals surface area contributed by atoms with E-state index in [0.29, 0.717) is 5.92 Å². The van der Waals surface area contributed by atoms with Gasteiger partial charge in [-0.25, -0.2) is 9.97 Å². The van der Waals surface area contributed by atoms with Gasteiger partial charge >= 0.3 is 0 Å². The molecule has 1 N–H and O–H groups in total. The minimum Gasteiger partial charge on any atom is -0.319 e. The quantitative estimate of drug-likeness (QED) is 0.829. The first-order chi connectivity index (χ1) is 7.60. The first kappa shape index (κ1) is 13.1. The van der Waals surface area contributed by atoms with Gasteiger partial charge in [0.25, 0.3) is 0 Å². The fraction of sp³-hybridized carbons (Fsp3) is 0.692. The highest BCUT2D eigenvalue weighted by Crippen LogP contribution is 2.20. The Morgan fingerprint density at radius 1 is 1.19 bits per heavy atom. The predicted molar refractivity (Wildman–Crippen MR) is 67.8 cm³/mol. The van der Waals surface area contributed by atoms with Crippen LogP contribution in [0.15, 0.2) is 0 Å². The number of hydrogen-bond donors (Lipinski definition) is 1. The van der Waals surface area contributed by atoms with E-state index in [2.05, 4.69) is 43.0 Å². The molecule has 0 aliphatic carbocycles. The van der Waals surface area contributed by atoms with Crippen molar-refractivity contribution in [1.82, 2.24) is 15.3 Å². The molecule has 1 aromatic rings. The van der Waals surface area contributed by atoms with Gasteiger partial charge in [0.15, 0.2) is 0 Å². The molecule has 90 valence electrons. The number of rotatable bonds is 5. The van der Waals surface area contributed by atoms with Gasteiger partial charge in [0.1, 0.15) is 5.82 Å². The zero-order valence-corrected chi connectivity index (χ0v) is 11.1. The molecule has 1 atom stereocenters.